The Balaban J connectivity index is 1.71. The lowest BCUT2D eigenvalue weighted by molar-refractivity contribution is 0.251. The van der Waals surface area contributed by atoms with Gasteiger partial charge in [0.05, 0.1) is 14.7 Å². The maximum absolute atomic E-state index is 12.8. The molecule has 156 valence electrons. The van der Waals surface area contributed by atoms with Gasteiger partial charge in [0.25, 0.3) is 0 Å². The zero-order valence-electron chi connectivity index (χ0n) is 15.9. The van der Waals surface area contributed by atoms with Crippen LogP contribution in [0.15, 0.2) is 87.7 Å². The van der Waals surface area contributed by atoms with Gasteiger partial charge in [-0.3, -0.25) is 4.98 Å². The van der Waals surface area contributed by atoms with Crippen molar-refractivity contribution in [2.24, 2.45) is 0 Å². The molecule has 3 aromatic rings. The van der Waals surface area contributed by atoms with E-state index in [9.17, 15) is 21.6 Å². The first-order valence-corrected chi connectivity index (χ1v) is 12.1. The Morgan fingerprint density at radius 1 is 0.900 bits per heavy atom. The van der Waals surface area contributed by atoms with Crippen LogP contribution in [0.5, 0.6) is 0 Å². The van der Waals surface area contributed by atoms with Crippen LogP contribution in [0.4, 0.5) is 10.5 Å². The van der Waals surface area contributed by atoms with E-state index in [1.54, 1.807) is 18.5 Å². The molecule has 0 unspecified atom stereocenters. The van der Waals surface area contributed by atoms with Crippen LogP contribution < -0.4 is 10.6 Å². The van der Waals surface area contributed by atoms with E-state index in [1.165, 1.54) is 42.5 Å². The molecule has 0 saturated heterocycles. The van der Waals surface area contributed by atoms with Gasteiger partial charge in [-0.2, -0.15) is 0 Å². The van der Waals surface area contributed by atoms with Crippen LogP contribution in [-0.4, -0.2) is 34.1 Å². The fraction of sp³-hybridized carbons (Fsp3) is 0.100. The average Bonchev–Trinajstić information content (AvgIpc) is 2.73. The second kappa shape index (κ2) is 8.64. The Hall–Kier alpha value is -3.24. The highest BCUT2D eigenvalue weighted by molar-refractivity contribution is 7.92. The number of carbonyl (C=O) groups excluding carboxylic acids is 1. The molecule has 2 aromatic carbocycles. The highest BCUT2D eigenvalue weighted by Crippen LogP contribution is 2.24. The highest BCUT2D eigenvalue weighted by atomic mass is 32.2. The predicted molar refractivity (Wildman–Crippen MR) is 112 cm³/mol. The number of benzene rings is 2. The van der Waals surface area contributed by atoms with Gasteiger partial charge in [-0.1, -0.05) is 12.1 Å². The summed E-state index contributed by atoms with van der Waals surface area (Å²) in [5.41, 5.74) is 1.24. The number of anilines is 1. The SMILES string of the molecule is CS(=O)(=O)c1cccc(S(=O)(=O)c2ccc(NC(=O)NCc3cccnc3)cc2)c1. The van der Waals surface area contributed by atoms with Crippen molar-refractivity contribution in [3.63, 3.8) is 0 Å². The number of nitrogens with zero attached hydrogens (tertiary/aromatic N) is 1. The lowest BCUT2D eigenvalue weighted by Crippen LogP contribution is -2.28. The van der Waals surface area contributed by atoms with E-state index in [2.05, 4.69) is 15.6 Å². The molecule has 10 heteroatoms. The molecule has 2 N–H and O–H groups in total. The minimum absolute atomic E-state index is 0.0190. The first-order chi connectivity index (χ1) is 14.2. The smallest absolute Gasteiger partial charge is 0.319 e. The summed E-state index contributed by atoms with van der Waals surface area (Å²) in [6.07, 6.45) is 4.29. The largest absolute Gasteiger partial charge is 0.334 e. The highest BCUT2D eigenvalue weighted by Gasteiger charge is 2.20. The van der Waals surface area contributed by atoms with Crippen LogP contribution in [0, 0.1) is 0 Å². The Kier molecular flexibility index (Phi) is 6.18. The summed E-state index contributed by atoms with van der Waals surface area (Å²) in [4.78, 5) is 15.7. The van der Waals surface area contributed by atoms with Gasteiger partial charge in [-0.25, -0.2) is 21.6 Å². The van der Waals surface area contributed by atoms with Gasteiger partial charge in [0.1, 0.15) is 0 Å². The number of pyridine rings is 1. The number of urea groups is 1. The first kappa shape index (κ1) is 21.5. The summed E-state index contributed by atoms with van der Waals surface area (Å²) in [5.74, 6) is 0. The zero-order valence-corrected chi connectivity index (χ0v) is 17.6. The molecule has 0 aliphatic rings. The van der Waals surface area contributed by atoms with E-state index in [4.69, 9.17) is 0 Å². The monoisotopic (exact) mass is 445 g/mol. The van der Waals surface area contributed by atoms with E-state index >= 15 is 0 Å². The normalized spacial score (nSPS) is 11.6. The fourth-order valence-corrected chi connectivity index (χ4v) is 4.63. The van der Waals surface area contributed by atoms with Gasteiger partial charge in [0.2, 0.25) is 9.84 Å². The number of hydrogen-bond acceptors (Lipinski definition) is 6. The third kappa shape index (κ3) is 5.22. The van der Waals surface area contributed by atoms with Gasteiger partial charge in [0.15, 0.2) is 9.84 Å². The van der Waals surface area contributed by atoms with Gasteiger partial charge < -0.3 is 10.6 Å². The molecule has 0 radical (unpaired) electrons. The molecule has 0 atom stereocenters. The molecule has 0 fully saturated rings. The molecule has 0 bridgehead atoms. The summed E-state index contributed by atoms with van der Waals surface area (Å²) in [7, 11) is -7.45. The van der Waals surface area contributed by atoms with E-state index in [1.807, 2.05) is 6.07 Å². The topological polar surface area (TPSA) is 122 Å². The van der Waals surface area contributed by atoms with E-state index in [-0.39, 0.29) is 14.7 Å². The van der Waals surface area contributed by atoms with Gasteiger partial charge in [0, 0.05) is 30.9 Å². The Morgan fingerprint density at radius 3 is 2.23 bits per heavy atom. The second-order valence-corrected chi connectivity index (χ2v) is 10.4. The molecule has 3 rings (SSSR count). The Labute approximate surface area is 174 Å². The van der Waals surface area contributed by atoms with Crippen molar-refractivity contribution < 1.29 is 21.6 Å². The van der Waals surface area contributed by atoms with Crippen LogP contribution in [0.1, 0.15) is 5.56 Å². The molecular formula is C20H19N3O5S2. The second-order valence-electron chi connectivity index (χ2n) is 6.44. The molecule has 0 saturated carbocycles. The van der Waals surface area contributed by atoms with Crippen molar-refractivity contribution in [3.8, 4) is 0 Å². The minimum Gasteiger partial charge on any atom is -0.334 e. The summed E-state index contributed by atoms with van der Waals surface area (Å²) < 4.78 is 49.0. The molecule has 0 aliphatic heterocycles. The van der Waals surface area contributed by atoms with Gasteiger partial charge in [-0.05, 0) is 54.1 Å². The van der Waals surface area contributed by atoms with Crippen LogP contribution in [0.2, 0.25) is 0 Å². The summed E-state index contributed by atoms with van der Waals surface area (Å²) in [6.45, 7) is 0.294. The van der Waals surface area contributed by atoms with Crippen molar-refractivity contribution in [1.82, 2.24) is 10.3 Å². The Morgan fingerprint density at radius 2 is 1.60 bits per heavy atom. The maximum atomic E-state index is 12.8. The van der Waals surface area contributed by atoms with E-state index < -0.39 is 25.7 Å². The molecular weight excluding hydrogens is 426 g/mol. The van der Waals surface area contributed by atoms with E-state index in [0.717, 1.165) is 17.9 Å². The number of carbonyl (C=O) groups is 1. The molecule has 1 aromatic heterocycles. The fourth-order valence-electron chi connectivity index (χ4n) is 2.59. The zero-order chi connectivity index (χ0) is 21.8. The predicted octanol–water partition coefficient (Wildman–Crippen LogP) is 2.64. The molecule has 30 heavy (non-hydrogen) atoms. The number of rotatable bonds is 6. The summed E-state index contributed by atoms with van der Waals surface area (Å²) in [6, 6.07) is 13.9. The number of nitrogens with one attached hydrogen (secondary N) is 2. The lowest BCUT2D eigenvalue weighted by Gasteiger charge is -2.09. The summed E-state index contributed by atoms with van der Waals surface area (Å²) >= 11 is 0. The van der Waals surface area contributed by atoms with Crippen molar-refractivity contribution in [2.75, 3.05) is 11.6 Å². The van der Waals surface area contributed by atoms with Gasteiger partial charge in [-0.15, -0.1) is 0 Å². The minimum atomic E-state index is -3.91. The average molecular weight is 446 g/mol. The summed E-state index contributed by atoms with van der Waals surface area (Å²) in [5, 5.41) is 5.29. The van der Waals surface area contributed by atoms with Crippen molar-refractivity contribution in [3.05, 3.63) is 78.6 Å². The maximum Gasteiger partial charge on any atom is 0.319 e. The first-order valence-electron chi connectivity index (χ1n) is 8.75. The number of hydrogen-bond donors (Lipinski definition) is 2. The van der Waals surface area contributed by atoms with Crippen LogP contribution >= 0.6 is 0 Å². The lowest BCUT2D eigenvalue weighted by atomic mass is 10.3. The van der Waals surface area contributed by atoms with Crippen molar-refractivity contribution in [1.29, 1.82) is 0 Å². The van der Waals surface area contributed by atoms with Gasteiger partial charge >= 0.3 is 6.03 Å². The number of amides is 2. The third-order valence-electron chi connectivity index (χ3n) is 4.14. The molecule has 0 spiro atoms. The Bertz CT molecular complexity index is 1260. The van der Waals surface area contributed by atoms with Crippen LogP contribution in [0.25, 0.3) is 0 Å². The van der Waals surface area contributed by atoms with Crippen LogP contribution in [-0.2, 0) is 26.2 Å². The molecule has 2 amide bonds. The molecule has 8 nitrogen and oxygen atoms in total. The molecule has 1 heterocycles. The van der Waals surface area contributed by atoms with Crippen molar-refractivity contribution >= 4 is 31.4 Å². The van der Waals surface area contributed by atoms with Crippen LogP contribution in [0.3, 0.4) is 0 Å². The quantitative estimate of drug-likeness (QED) is 0.601. The van der Waals surface area contributed by atoms with E-state index in [0.29, 0.717) is 12.2 Å². The molecule has 0 aliphatic carbocycles. The third-order valence-corrected chi connectivity index (χ3v) is 7.02. The standard InChI is InChI=1S/C20H19N3O5S2/c1-29(25,26)18-5-2-6-19(12-18)30(27,28)17-9-7-16(8-10-17)23-20(24)22-14-15-4-3-11-21-13-15/h2-13H,14H2,1H3,(H2,22,23,24). The number of aromatic nitrogens is 1. The number of sulfone groups is 2. The van der Waals surface area contributed by atoms with Crippen molar-refractivity contribution in [2.45, 2.75) is 21.2 Å².